The van der Waals surface area contributed by atoms with Crippen LogP contribution in [-0.2, 0) is 27.4 Å². The smallest absolute Gasteiger partial charge is 0.372 e. The Morgan fingerprint density at radius 1 is 0.786 bits per heavy atom. The molecule has 6 nitrogen and oxygen atoms in total. The number of rotatable bonds is 9. The van der Waals surface area contributed by atoms with Crippen LogP contribution in [0.25, 0.3) is 0 Å². The number of aliphatic carboxylic acids is 1. The van der Waals surface area contributed by atoms with Crippen molar-refractivity contribution in [2.45, 2.75) is 161 Å². The topological polar surface area (TPSA) is 71.4 Å². The van der Waals surface area contributed by atoms with Gasteiger partial charge in [0, 0.05) is 27.7 Å². The van der Waals surface area contributed by atoms with Gasteiger partial charge >= 0.3 is 11.9 Å². The number of esters is 1. The first kappa shape index (κ1) is 44.1. The molecule has 4 aliphatic rings. The van der Waals surface area contributed by atoms with Crippen molar-refractivity contribution in [1.29, 1.82) is 0 Å². The second-order valence-electron chi connectivity index (χ2n) is 21.2. The molecule has 6 heteroatoms. The van der Waals surface area contributed by atoms with Gasteiger partial charge in [0.05, 0.1) is 6.61 Å². The van der Waals surface area contributed by atoms with Gasteiger partial charge in [0.15, 0.2) is 24.8 Å². The second-order valence-corrected chi connectivity index (χ2v) is 21.2. The summed E-state index contributed by atoms with van der Waals surface area (Å²) >= 11 is 0. The van der Waals surface area contributed by atoms with Crippen LogP contribution in [0.3, 0.4) is 0 Å². The molecule has 10 atom stereocenters. The van der Waals surface area contributed by atoms with Gasteiger partial charge in [0.2, 0.25) is 13.1 Å². The molecule has 6 rings (SSSR count). The third kappa shape index (κ3) is 8.28. The monoisotopic (exact) mass is 771 g/mol. The molecule has 4 saturated carbocycles. The molecule has 0 aromatic carbocycles. The number of carbonyl (C=O) groups is 2. The van der Waals surface area contributed by atoms with Crippen molar-refractivity contribution in [3.8, 4) is 0 Å². The largest absolute Gasteiger partial charge is 0.477 e. The van der Waals surface area contributed by atoms with Crippen LogP contribution in [-0.4, -0.2) is 23.7 Å². The highest BCUT2D eigenvalue weighted by atomic mass is 16.5. The van der Waals surface area contributed by atoms with E-state index in [-0.39, 0.29) is 24.5 Å². The molecule has 0 bridgehead atoms. The van der Waals surface area contributed by atoms with E-state index in [0.29, 0.717) is 46.0 Å². The fourth-order valence-corrected chi connectivity index (χ4v) is 14.0. The predicted octanol–water partition coefficient (Wildman–Crippen LogP) is 10.7. The van der Waals surface area contributed by atoms with Crippen molar-refractivity contribution in [1.82, 2.24) is 0 Å². The van der Waals surface area contributed by atoms with E-state index in [1.165, 1.54) is 61.6 Å². The van der Waals surface area contributed by atoms with Gasteiger partial charge < -0.3 is 9.84 Å². The number of carbonyl (C=O) groups excluding carboxylic acids is 1. The van der Waals surface area contributed by atoms with Gasteiger partial charge in [0.25, 0.3) is 0 Å². The van der Waals surface area contributed by atoms with Crippen LogP contribution in [0.5, 0.6) is 0 Å². The number of fused-ring (bicyclic) bond motifs is 5. The Hall–Kier alpha value is -3.02. The van der Waals surface area contributed by atoms with Crippen LogP contribution in [0.1, 0.15) is 142 Å². The lowest BCUT2D eigenvalue weighted by molar-refractivity contribution is -0.686. The van der Waals surface area contributed by atoms with Crippen LogP contribution in [0.15, 0.2) is 49.1 Å². The Labute approximate surface area is 340 Å². The number of ether oxygens (including phenoxy) is 1. The van der Waals surface area contributed by atoms with Gasteiger partial charge in [-0.15, -0.1) is 0 Å². The van der Waals surface area contributed by atoms with E-state index in [1.807, 2.05) is 49.3 Å². The molecule has 2 aromatic heterocycles. The van der Waals surface area contributed by atoms with Crippen LogP contribution in [0.2, 0.25) is 0 Å². The molecule has 310 valence electrons. The number of hydrogen-bond donors (Lipinski definition) is 1. The molecular weight excluding hydrogens is 693 g/mol. The number of nitrogens with zero attached hydrogens (tertiary/aromatic N) is 2. The Morgan fingerprint density at radius 3 is 1.86 bits per heavy atom. The fourth-order valence-electron chi connectivity index (χ4n) is 14.0. The standard InChI is InChI=1S/C41H66NO2.C9H11NO2/c1-13-31(27(2)3)36-32-14-15-34-39(10)18-16-30(6)37(7,8)33(39)17-19-41(34,12)40(32,11)21-20-38(36,9)26-44-35(43)25-42-23-28(4)22-29(5)24-42;1-7-3-8(2)5-10(4-7)6-9(11)12/h22-24,30-34,36H,2,13-21,25-26H2,1,3-12H3;3-5H,6H2,1-2H3/q+1;/p+1/t30?,31-,32?,33?,34?,36?,38+,39-,40+,41+;/m0./s1. The highest BCUT2D eigenvalue weighted by Crippen LogP contribution is 2.76. The summed E-state index contributed by atoms with van der Waals surface area (Å²) in [5.41, 5.74) is 7.27. The molecule has 4 aliphatic carbocycles. The first-order valence-electron chi connectivity index (χ1n) is 22.0. The molecule has 1 N–H and O–H groups in total. The zero-order valence-corrected chi connectivity index (χ0v) is 37.7. The maximum absolute atomic E-state index is 13.3. The second kappa shape index (κ2) is 16.3. The summed E-state index contributed by atoms with van der Waals surface area (Å²) in [7, 11) is 0. The summed E-state index contributed by atoms with van der Waals surface area (Å²) < 4.78 is 9.91. The molecule has 2 heterocycles. The van der Waals surface area contributed by atoms with Crippen molar-refractivity contribution < 1.29 is 28.6 Å². The average Bonchev–Trinajstić information content (AvgIpc) is 3.07. The lowest BCUT2D eigenvalue weighted by Gasteiger charge is -2.73. The quantitative estimate of drug-likeness (QED) is 0.157. The Morgan fingerprint density at radius 2 is 1.34 bits per heavy atom. The van der Waals surface area contributed by atoms with Crippen molar-refractivity contribution in [2.75, 3.05) is 6.61 Å². The molecule has 0 saturated heterocycles. The van der Waals surface area contributed by atoms with Gasteiger partial charge in [-0.25, -0.2) is 9.59 Å². The minimum atomic E-state index is -0.815. The van der Waals surface area contributed by atoms with E-state index in [4.69, 9.17) is 9.84 Å². The highest BCUT2D eigenvalue weighted by Gasteiger charge is 2.69. The molecular formula is C50H78N2O4+2. The highest BCUT2D eigenvalue weighted by molar-refractivity contribution is 5.67. The number of carboxylic acids is 1. The SMILES string of the molecule is C=C(C)[C@H](CC)C1C2CCC3[C@@]4(C)CCC(C)C(C)(C)C4CC[C@@]3(C)[C@]2(C)CC[C@]1(C)COC(=O)C[n+]1cc(C)cc(C)c1.Cc1cc(C)c[n+](CC(=O)O)c1. The molecule has 0 spiro atoms. The van der Waals surface area contributed by atoms with Gasteiger partial charge in [0.1, 0.15) is 0 Å². The fraction of sp³-hybridized carbons (Fsp3) is 0.720. The summed E-state index contributed by atoms with van der Waals surface area (Å²) in [6, 6.07) is 4.16. The Bertz CT molecular complexity index is 1740. The summed E-state index contributed by atoms with van der Waals surface area (Å²) in [6.45, 7) is 36.4. The third-order valence-electron chi connectivity index (χ3n) is 17.0. The normalized spacial score (nSPS) is 35.1. The van der Waals surface area contributed by atoms with Crippen molar-refractivity contribution in [3.63, 3.8) is 0 Å². The van der Waals surface area contributed by atoms with Crippen LogP contribution in [0, 0.1) is 90.3 Å². The number of carboxylic acid groups (broad SMARTS) is 1. The zero-order valence-electron chi connectivity index (χ0n) is 37.7. The van der Waals surface area contributed by atoms with E-state index in [1.54, 1.807) is 4.57 Å². The van der Waals surface area contributed by atoms with Crippen LogP contribution < -0.4 is 9.13 Å². The lowest BCUT2D eigenvalue weighted by Crippen LogP contribution is -2.66. The number of allylic oxidation sites excluding steroid dienone is 1. The summed E-state index contributed by atoms with van der Waals surface area (Å²) in [5, 5.41) is 8.53. The Kier molecular flexibility index (Phi) is 12.8. The third-order valence-corrected chi connectivity index (χ3v) is 17.0. The molecule has 0 radical (unpaired) electrons. The zero-order chi connectivity index (χ0) is 41.6. The molecule has 2 aromatic rings. The number of aryl methyl sites for hydroxylation is 4. The van der Waals surface area contributed by atoms with E-state index >= 15 is 0 Å². The number of aromatic nitrogens is 2. The predicted molar refractivity (Wildman–Crippen MR) is 226 cm³/mol. The first-order chi connectivity index (χ1) is 26.0. The molecule has 0 amide bonds. The van der Waals surface area contributed by atoms with E-state index in [0.717, 1.165) is 41.7 Å². The van der Waals surface area contributed by atoms with Gasteiger partial charge in [-0.05, 0) is 162 Å². The van der Waals surface area contributed by atoms with Crippen LogP contribution >= 0.6 is 0 Å². The van der Waals surface area contributed by atoms with Gasteiger partial charge in [-0.3, -0.25) is 0 Å². The van der Waals surface area contributed by atoms with E-state index in [2.05, 4.69) is 88.8 Å². The first-order valence-corrected chi connectivity index (χ1v) is 22.0. The number of pyridine rings is 2. The molecule has 4 fully saturated rings. The van der Waals surface area contributed by atoms with Crippen molar-refractivity contribution in [3.05, 3.63) is 71.3 Å². The van der Waals surface area contributed by atoms with Crippen molar-refractivity contribution >= 4 is 11.9 Å². The summed E-state index contributed by atoms with van der Waals surface area (Å²) in [6.07, 6.45) is 19.4. The maximum atomic E-state index is 13.3. The Balaban J connectivity index is 0.000000427. The van der Waals surface area contributed by atoms with E-state index < -0.39 is 5.97 Å². The summed E-state index contributed by atoms with van der Waals surface area (Å²) in [5.74, 6) is 3.08. The minimum Gasteiger partial charge on any atom is -0.477 e. The molecule has 5 unspecified atom stereocenters. The van der Waals surface area contributed by atoms with Gasteiger partial charge in [-0.1, -0.05) is 67.5 Å². The van der Waals surface area contributed by atoms with Gasteiger partial charge in [-0.2, -0.15) is 9.13 Å². The molecule has 0 aliphatic heterocycles. The number of hydrogen-bond acceptors (Lipinski definition) is 3. The summed E-state index contributed by atoms with van der Waals surface area (Å²) in [4.78, 5) is 23.6. The van der Waals surface area contributed by atoms with Crippen LogP contribution in [0.4, 0.5) is 0 Å². The van der Waals surface area contributed by atoms with E-state index in [9.17, 15) is 9.59 Å². The lowest BCUT2D eigenvalue weighted by atomic mass is 9.31. The minimum absolute atomic E-state index is 0.0303. The average molecular weight is 771 g/mol. The molecule has 56 heavy (non-hydrogen) atoms. The van der Waals surface area contributed by atoms with Crippen molar-refractivity contribution in [2.24, 2.45) is 62.6 Å². The maximum Gasteiger partial charge on any atom is 0.372 e.